The zero-order chi connectivity index (χ0) is 17.2. The van der Waals surface area contributed by atoms with Crippen LogP contribution in [0.15, 0.2) is 52.9 Å². The van der Waals surface area contributed by atoms with E-state index in [9.17, 15) is 4.79 Å². The molecule has 0 radical (unpaired) electrons. The number of benzene rings is 2. The van der Waals surface area contributed by atoms with Crippen molar-refractivity contribution in [1.29, 1.82) is 0 Å². The Balaban J connectivity index is 1.34. The molecule has 6 heteroatoms. The molecule has 25 heavy (non-hydrogen) atoms. The summed E-state index contributed by atoms with van der Waals surface area (Å²) in [6.45, 7) is 2.08. The summed E-state index contributed by atoms with van der Waals surface area (Å²) in [7, 11) is 0. The standard InChI is InChI=1S/C19H19N3O3/c1-12-6-8-13(9-7-12)15-10-16(22-21-15)19(23)24-11-18-20-14-4-2-3-5-17(14)25-18/h2-9,15-16,21-22H,10-11H2,1H3. The van der Waals surface area contributed by atoms with Gasteiger partial charge in [0.15, 0.2) is 12.2 Å². The van der Waals surface area contributed by atoms with Gasteiger partial charge in [0.1, 0.15) is 11.6 Å². The number of hydrazine groups is 1. The summed E-state index contributed by atoms with van der Waals surface area (Å²) in [4.78, 5) is 16.6. The minimum atomic E-state index is -0.393. The molecule has 0 aliphatic carbocycles. The van der Waals surface area contributed by atoms with Crippen molar-refractivity contribution < 1.29 is 13.9 Å². The Labute approximate surface area is 145 Å². The SMILES string of the molecule is Cc1ccc(C2CC(C(=O)OCc3nc4ccccc4o3)NN2)cc1. The minimum Gasteiger partial charge on any atom is -0.454 e. The fraction of sp³-hybridized carbons (Fsp3) is 0.263. The number of aromatic nitrogens is 1. The zero-order valence-corrected chi connectivity index (χ0v) is 13.9. The minimum absolute atomic E-state index is 0.0287. The molecule has 0 amide bonds. The van der Waals surface area contributed by atoms with Gasteiger partial charge in [-0.1, -0.05) is 42.0 Å². The van der Waals surface area contributed by atoms with E-state index in [-0.39, 0.29) is 18.6 Å². The maximum absolute atomic E-state index is 12.3. The van der Waals surface area contributed by atoms with Crippen LogP contribution >= 0.6 is 0 Å². The van der Waals surface area contributed by atoms with Gasteiger partial charge in [-0.2, -0.15) is 0 Å². The van der Waals surface area contributed by atoms with Crippen LogP contribution in [-0.4, -0.2) is 17.0 Å². The Morgan fingerprint density at radius 2 is 2.00 bits per heavy atom. The highest BCUT2D eigenvalue weighted by Crippen LogP contribution is 2.23. The van der Waals surface area contributed by atoms with Gasteiger partial charge < -0.3 is 9.15 Å². The lowest BCUT2D eigenvalue weighted by atomic mass is 10.0. The van der Waals surface area contributed by atoms with Gasteiger partial charge in [0, 0.05) is 6.04 Å². The average Bonchev–Trinajstić information content (AvgIpc) is 3.27. The molecule has 3 aromatic rings. The number of esters is 1. The molecule has 1 fully saturated rings. The van der Waals surface area contributed by atoms with Crippen molar-refractivity contribution in [3.05, 3.63) is 65.5 Å². The summed E-state index contributed by atoms with van der Waals surface area (Å²) >= 11 is 0. The van der Waals surface area contributed by atoms with E-state index in [0.29, 0.717) is 17.9 Å². The van der Waals surface area contributed by atoms with Crippen LogP contribution in [0.2, 0.25) is 0 Å². The molecular formula is C19H19N3O3. The molecule has 1 aromatic heterocycles. The number of rotatable bonds is 4. The quantitative estimate of drug-likeness (QED) is 0.713. The van der Waals surface area contributed by atoms with E-state index in [2.05, 4.69) is 47.0 Å². The number of carbonyl (C=O) groups excluding carboxylic acids is 1. The van der Waals surface area contributed by atoms with Crippen molar-refractivity contribution in [1.82, 2.24) is 15.8 Å². The highest BCUT2D eigenvalue weighted by atomic mass is 16.5. The number of ether oxygens (including phenoxy) is 1. The topological polar surface area (TPSA) is 76.4 Å². The molecule has 6 nitrogen and oxygen atoms in total. The first kappa shape index (κ1) is 15.8. The van der Waals surface area contributed by atoms with Crippen molar-refractivity contribution in [2.24, 2.45) is 0 Å². The summed E-state index contributed by atoms with van der Waals surface area (Å²) in [6, 6.07) is 15.4. The van der Waals surface area contributed by atoms with Crippen LogP contribution in [0.3, 0.4) is 0 Å². The predicted molar refractivity (Wildman–Crippen MR) is 92.4 cm³/mol. The molecule has 2 aromatic carbocycles. The molecule has 1 aliphatic rings. The van der Waals surface area contributed by atoms with E-state index in [1.54, 1.807) is 0 Å². The molecule has 4 rings (SSSR count). The molecule has 2 N–H and O–H groups in total. The lowest BCUT2D eigenvalue weighted by Crippen LogP contribution is -2.37. The fourth-order valence-electron chi connectivity index (χ4n) is 2.94. The molecule has 2 unspecified atom stereocenters. The molecule has 0 bridgehead atoms. The number of nitrogens with one attached hydrogen (secondary N) is 2. The Kier molecular flexibility index (Phi) is 4.21. The normalized spacial score (nSPS) is 20.0. The fourth-order valence-corrected chi connectivity index (χ4v) is 2.94. The first-order valence-corrected chi connectivity index (χ1v) is 8.28. The lowest BCUT2D eigenvalue weighted by Gasteiger charge is -2.09. The second kappa shape index (κ2) is 6.66. The Morgan fingerprint density at radius 1 is 1.20 bits per heavy atom. The number of hydrogen-bond donors (Lipinski definition) is 2. The molecule has 2 atom stereocenters. The Bertz CT molecular complexity index is 855. The van der Waals surface area contributed by atoms with E-state index in [1.165, 1.54) is 5.56 Å². The van der Waals surface area contributed by atoms with Gasteiger partial charge in [-0.15, -0.1) is 0 Å². The van der Waals surface area contributed by atoms with Crippen molar-refractivity contribution in [3.8, 4) is 0 Å². The summed E-state index contributed by atoms with van der Waals surface area (Å²) in [5, 5.41) is 0. The molecular weight excluding hydrogens is 318 g/mol. The highest BCUT2D eigenvalue weighted by molar-refractivity contribution is 5.76. The van der Waals surface area contributed by atoms with Crippen molar-refractivity contribution in [2.45, 2.75) is 32.0 Å². The summed E-state index contributed by atoms with van der Waals surface area (Å²) in [6.07, 6.45) is 0.634. The Morgan fingerprint density at radius 3 is 2.80 bits per heavy atom. The van der Waals surface area contributed by atoms with E-state index in [4.69, 9.17) is 9.15 Å². The number of fused-ring (bicyclic) bond motifs is 1. The van der Waals surface area contributed by atoms with Crippen molar-refractivity contribution in [2.75, 3.05) is 0 Å². The van der Waals surface area contributed by atoms with Crippen LogP contribution in [0.25, 0.3) is 11.1 Å². The first-order chi connectivity index (χ1) is 12.2. The molecule has 2 heterocycles. The lowest BCUT2D eigenvalue weighted by molar-refractivity contribution is -0.147. The molecule has 0 spiro atoms. The summed E-state index contributed by atoms with van der Waals surface area (Å²) in [5.74, 6) is 0.0833. The third-order valence-corrected chi connectivity index (χ3v) is 4.34. The van der Waals surface area contributed by atoms with Crippen molar-refractivity contribution >= 4 is 17.1 Å². The number of nitrogens with zero attached hydrogens (tertiary/aromatic N) is 1. The second-order valence-electron chi connectivity index (χ2n) is 6.22. The van der Waals surface area contributed by atoms with Gasteiger partial charge in [0.25, 0.3) is 0 Å². The van der Waals surface area contributed by atoms with Crippen LogP contribution < -0.4 is 10.9 Å². The molecule has 0 saturated carbocycles. The number of aryl methyl sites for hydroxylation is 1. The zero-order valence-electron chi connectivity index (χ0n) is 13.9. The predicted octanol–water partition coefficient (Wildman–Crippen LogP) is 2.79. The second-order valence-corrected chi connectivity index (χ2v) is 6.22. The number of carbonyl (C=O) groups is 1. The third-order valence-electron chi connectivity index (χ3n) is 4.34. The Hall–Kier alpha value is -2.70. The monoisotopic (exact) mass is 337 g/mol. The van der Waals surface area contributed by atoms with Crippen LogP contribution in [0.5, 0.6) is 0 Å². The van der Waals surface area contributed by atoms with Gasteiger partial charge in [-0.05, 0) is 31.0 Å². The first-order valence-electron chi connectivity index (χ1n) is 8.28. The van der Waals surface area contributed by atoms with E-state index in [0.717, 1.165) is 11.1 Å². The smallest absolute Gasteiger partial charge is 0.325 e. The number of para-hydroxylation sites is 2. The highest BCUT2D eigenvalue weighted by Gasteiger charge is 2.31. The maximum Gasteiger partial charge on any atom is 0.325 e. The van der Waals surface area contributed by atoms with Crippen LogP contribution in [0.4, 0.5) is 0 Å². The molecule has 128 valence electrons. The van der Waals surface area contributed by atoms with Crippen LogP contribution in [-0.2, 0) is 16.1 Å². The summed E-state index contributed by atoms with van der Waals surface area (Å²) < 4.78 is 10.9. The molecule has 1 saturated heterocycles. The maximum atomic E-state index is 12.3. The van der Waals surface area contributed by atoms with Gasteiger partial charge >= 0.3 is 5.97 Å². The summed E-state index contributed by atoms with van der Waals surface area (Å²) in [5.41, 5.74) is 9.96. The third kappa shape index (κ3) is 3.40. The van der Waals surface area contributed by atoms with Crippen molar-refractivity contribution in [3.63, 3.8) is 0 Å². The van der Waals surface area contributed by atoms with E-state index < -0.39 is 6.04 Å². The van der Waals surface area contributed by atoms with Gasteiger partial charge in [0.2, 0.25) is 5.89 Å². The van der Waals surface area contributed by atoms with E-state index in [1.807, 2.05) is 24.3 Å². The van der Waals surface area contributed by atoms with E-state index >= 15 is 0 Å². The van der Waals surface area contributed by atoms with Gasteiger partial charge in [-0.25, -0.2) is 15.8 Å². The number of oxazole rings is 1. The van der Waals surface area contributed by atoms with Gasteiger partial charge in [0.05, 0.1) is 0 Å². The van der Waals surface area contributed by atoms with Crippen LogP contribution in [0, 0.1) is 6.92 Å². The number of hydrogen-bond acceptors (Lipinski definition) is 6. The van der Waals surface area contributed by atoms with Gasteiger partial charge in [-0.3, -0.25) is 4.79 Å². The largest absolute Gasteiger partial charge is 0.454 e. The molecule has 1 aliphatic heterocycles. The average molecular weight is 337 g/mol. The van der Waals surface area contributed by atoms with Crippen LogP contribution in [0.1, 0.15) is 29.5 Å².